The molecule has 2 aliphatic heterocycles. The molecule has 0 radical (unpaired) electrons. The maximum Gasteiger partial charge on any atom is 0.258 e. The van der Waals surface area contributed by atoms with Crippen molar-refractivity contribution in [3.05, 3.63) is 17.7 Å². The molecule has 0 saturated carbocycles. The summed E-state index contributed by atoms with van der Waals surface area (Å²) >= 11 is 0. The highest BCUT2D eigenvalue weighted by Crippen LogP contribution is 2.37. The minimum atomic E-state index is -0.783. The molecule has 1 saturated heterocycles. The summed E-state index contributed by atoms with van der Waals surface area (Å²) in [6, 6.07) is 2.66. The second kappa shape index (κ2) is 4.24. The first-order valence-corrected chi connectivity index (χ1v) is 6.07. The number of carbonyl (C=O) groups is 1. The van der Waals surface area contributed by atoms with Gasteiger partial charge in [-0.05, 0) is 18.9 Å². The van der Waals surface area contributed by atoms with E-state index >= 15 is 0 Å². The lowest BCUT2D eigenvalue weighted by molar-refractivity contribution is 0.0247. The maximum atomic E-state index is 12.5. The van der Waals surface area contributed by atoms with E-state index in [9.17, 15) is 15.0 Å². The first kappa shape index (κ1) is 12.0. The van der Waals surface area contributed by atoms with E-state index in [2.05, 4.69) is 4.99 Å². The van der Waals surface area contributed by atoms with Crippen LogP contribution in [0.15, 0.2) is 17.1 Å². The Morgan fingerprint density at radius 1 is 1.42 bits per heavy atom. The highest BCUT2D eigenvalue weighted by molar-refractivity contribution is 6.03. The zero-order chi connectivity index (χ0) is 13.6. The van der Waals surface area contributed by atoms with Crippen molar-refractivity contribution in [2.45, 2.75) is 25.1 Å². The summed E-state index contributed by atoms with van der Waals surface area (Å²) in [5.41, 5.74) is 0.722. The number of aliphatic hydroxyl groups excluding tert-OH is 1. The lowest BCUT2D eigenvalue weighted by Crippen LogP contribution is -2.41. The highest BCUT2D eigenvalue weighted by Gasteiger charge is 2.38. The van der Waals surface area contributed by atoms with E-state index in [4.69, 9.17) is 4.74 Å². The lowest BCUT2D eigenvalue weighted by Gasteiger charge is -2.24. The third kappa shape index (κ3) is 1.76. The molecule has 19 heavy (non-hydrogen) atoms. The molecule has 2 aliphatic rings. The molecule has 0 spiro atoms. The Hall–Kier alpha value is -2.08. The van der Waals surface area contributed by atoms with Crippen LogP contribution in [0, 0.1) is 0 Å². The van der Waals surface area contributed by atoms with Crippen molar-refractivity contribution in [3.8, 4) is 11.5 Å². The standard InChI is InChI=1S/C13H14N2O4/c1-19-11-4-8-9(5-10(11)16)14-6-7-2-3-12(17)15(7)13(8)18/h4-7,12,16-17H,2-3H2,1H3/t7-,12-/m1/s1. The fraction of sp³-hybridized carbons (Fsp3) is 0.385. The molecule has 0 aliphatic carbocycles. The van der Waals surface area contributed by atoms with Crippen molar-refractivity contribution in [3.63, 3.8) is 0 Å². The van der Waals surface area contributed by atoms with Gasteiger partial charge in [0.1, 0.15) is 6.23 Å². The fourth-order valence-corrected chi connectivity index (χ4v) is 2.56. The molecule has 6 heteroatoms. The number of rotatable bonds is 1. The van der Waals surface area contributed by atoms with Crippen molar-refractivity contribution in [1.82, 2.24) is 4.90 Å². The number of benzene rings is 1. The van der Waals surface area contributed by atoms with Gasteiger partial charge in [0.05, 0.1) is 24.4 Å². The number of hydrogen-bond donors (Lipinski definition) is 2. The number of amides is 1. The van der Waals surface area contributed by atoms with E-state index in [0.29, 0.717) is 24.1 Å². The molecule has 0 bridgehead atoms. The van der Waals surface area contributed by atoms with E-state index in [1.807, 2.05) is 0 Å². The first-order valence-electron chi connectivity index (χ1n) is 6.07. The summed E-state index contributed by atoms with van der Waals surface area (Å²) in [6.45, 7) is 0. The Morgan fingerprint density at radius 2 is 2.21 bits per heavy atom. The number of ether oxygens (including phenoxy) is 1. The highest BCUT2D eigenvalue weighted by atomic mass is 16.5. The summed E-state index contributed by atoms with van der Waals surface area (Å²) in [4.78, 5) is 18.1. The predicted molar refractivity (Wildman–Crippen MR) is 68.0 cm³/mol. The Balaban J connectivity index is 2.12. The van der Waals surface area contributed by atoms with Gasteiger partial charge in [0.15, 0.2) is 11.5 Å². The van der Waals surface area contributed by atoms with Gasteiger partial charge in [-0.2, -0.15) is 0 Å². The van der Waals surface area contributed by atoms with Crippen LogP contribution in [0.5, 0.6) is 11.5 Å². The van der Waals surface area contributed by atoms with Crippen LogP contribution in [0.3, 0.4) is 0 Å². The summed E-state index contributed by atoms with van der Waals surface area (Å²) in [5, 5.41) is 19.6. The van der Waals surface area contributed by atoms with Crippen LogP contribution in [0.1, 0.15) is 23.2 Å². The van der Waals surface area contributed by atoms with E-state index < -0.39 is 6.23 Å². The SMILES string of the molecule is COc1cc2c(cc1O)N=C[C@H]1CC[C@@H](O)N1C2=O. The summed E-state index contributed by atoms with van der Waals surface area (Å²) in [5.74, 6) is -0.135. The number of methoxy groups -OCH3 is 1. The predicted octanol–water partition coefficient (Wildman–Crippen LogP) is 1.04. The molecule has 2 N–H and O–H groups in total. The minimum Gasteiger partial charge on any atom is -0.504 e. The van der Waals surface area contributed by atoms with Crippen molar-refractivity contribution < 1.29 is 19.7 Å². The van der Waals surface area contributed by atoms with E-state index in [1.165, 1.54) is 24.1 Å². The number of phenols is 1. The number of nitrogens with zero attached hydrogens (tertiary/aromatic N) is 2. The maximum absolute atomic E-state index is 12.5. The van der Waals surface area contributed by atoms with Gasteiger partial charge in [-0.3, -0.25) is 9.79 Å². The van der Waals surface area contributed by atoms with Crippen molar-refractivity contribution in [2.24, 2.45) is 4.99 Å². The smallest absolute Gasteiger partial charge is 0.258 e. The van der Waals surface area contributed by atoms with Gasteiger partial charge in [0.25, 0.3) is 5.91 Å². The largest absolute Gasteiger partial charge is 0.504 e. The van der Waals surface area contributed by atoms with Crippen molar-refractivity contribution >= 4 is 17.8 Å². The van der Waals surface area contributed by atoms with Crippen LogP contribution in [0.25, 0.3) is 0 Å². The molecule has 2 atom stereocenters. The third-order valence-corrected chi connectivity index (χ3v) is 3.55. The van der Waals surface area contributed by atoms with Gasteiger partial charge in [0, 0.05) is 12.3 Å². The molecule has 1 aromatic carbocycles. The Morgan fingerprint density at radius 3 is 2.95 bits per heavy atom. The normalized spacial score (nSPS) is 24.9. The average Bonchev–Trinajstić information content (AvgIpc) is 2.70. The molecule has 100 valence electrons. The summed E-state index contributed by atoms with van der Waals surface area (Å²) < 4.78 is 5.00. The molecule has 0 unspecified atom stereocenters. The molecular weight excluding hydrogens is 248 g/mol. The van der Waals surface area contributed by atoms with Crippen molar-refractivity contribution in [2.75, 3.05) is 7.11 Å². The van der Waals surface area contributed by atoms with Crippen LogP contribution < -0.4 is 4.74 Å². The Labute approximate surface area is 109 Å². The number of phenolic OH excluding ortho intramolecular Hbond substituents is 1. The molecular formula is C13H14N2O4. The van der Waals surface area contributed by atoms with Crippen molar-refractivity contribution in [1.29, 1.82) is 0 Å². The summed E-state index contributed by atoms with van der Waals surface area (Å²) in [7, 11) is 1.42. The quantitative estimate of drug-likeness (QED) is 0.792. The Kier molecular flexibility index (Phi) is 2.67. The number of aromatic hydroxyl groups is 1. The molecule has 6 nitrogen and oxygen atoms in total. The van der Waals surface area contributed by atoms with Crippen LogP contribution in [0.2, 0.25) is 0 Å². The van der Waals surface area contributed by atoms with Crippen LogP contribution in [0.4, 0.5) is 5.69 Å². The zero-order valence-corrected chi connectivity index (χ0v) is 10.4. The molecule has 1 amide bonds. The third-order valence-electron chi connectivity index (χ3n) is 3.55. The fourth-order valence-electron chi connectivity index (χ4n) is 2.56. The van der Waals surface area contributed by atoms with E-state index in [-0.39, 0.29) is 23.4 Å². The van der Waals surface area contributed by atoms with Crippen LogP contribution in [-0.4, -0.2) is 46.6 Å². The van der Waals surface area contributed by atoms with Gasteiger partial charge in [-0.15, -0.1) is 0 Å². The molecule has 0 aromatic heterocycles. The molecule has 1 fully saturated rings. The number of fused-ring (bicyclic) bond motifs is 2. The lowest BCUT2D eigenvalue weighted by atomic mass is 10.1. The van der Waals surface area contributed by atoms with E-state index in [0.717, 1.165) is 0 Å². The number of aliphatic hydroxyl groups is 1. The second-order valence-corrected chi connectivity index (χ2v) is 4.66. The molecule has 3 rings (SSSR count). The van der Waals surface area contributed by atoms with E-state index in [1.54, 1.807) is 6.21 Å². The van der Waals surface area contributed by atoms with Crippen LogP contribution >= 0.6 is 0 Å². The minimum absolute atomic E-state index is 0.0613. The van der Waals surface area contributed by atoms with Gasteiger partial charge in [-0.25, -0.2) is 0 Å². The molecule has 1 aromatic rings. The number of aliphatic imine (C=N–C) groups is 1. The topological polar surface area (TPSA) is 82.4 Å². The Bertz CT molecular complexity index is 570. The molecule has 2 heterocycles. The monoisotopic (exact) mass is 262 g/mol. The van der Waals surface area contributed by atoms with Gasteiger partial charge >= 0.3 is 0 Å². The summed E-state index contributed by atoms with van der Waals surface area (Å²) in [6.07, 6.45) is 2.10. The number of hydrogen-bond acceptors (Lipinski definition) is 5. The van der Waals surface area contributed by atoms with Gasteiger partial charge in [0.2, 0.25) is 0 Å². The van der Waals surface area contributed by atoms with Gasteiger partial charge in [-0.1, -0.05) is 0 Å². The first-order chi connectivity index (χ1) is 9.11. The zero-order valence-electron chi connectivity index (χ0n) is 10.4. The second-order valence-electron chi connectivity index (χ2n) is 4.66. The van der Waals surface area contributed by atoms with Crippen LogP contribution in [-0.2, 0) is 0 Å². The van der Waals surface area contributed by atoms with Gasteiger partial charge < -0.3 is 19.8 Å². The average molecular weight is 262 g/mol. The number of carbonyl (C=O) groups excluding carboxylic acids is 1.